The minimum atomic E-state index is -1.17. The maximum Gasteiger partial charge on any atom is 0.329 e. The van der Waals surface area contributed by atoms with Crippen molar-refractivity contribution in [3.63, 3.8) is 0 Å². The third-order valence-corrected chi connectivity index (χ3v) is 1.97. The van der Waals surface area contributed by atoms with Crippen molar-refractivity contribution in [2.45, 2.75) is 13.8 Å². The van der Waals surface area contributed by atoms with Crippen molar-refractivity contribution in [1.29, 1.82) is 5.26 Å². The number of phenolic OH excluding ortho intramolecular Hbond substituents is 1. The molecule has 1 aromatic carbocycles. The van der Waals surface area contributed by atoms with Crippen LogP contribution in [0, 0.1) is 11.3 Å². The van der Waals surface area contributed by atoms with Gasteiger partial charge in [0.05, 0.1) is 5.57 Å². The molecule has 0 aromatic heterocycles. The van der Waals surface area contributed by atoms with Crippen molar-refractivity contribution in [2.75, 3.05) is 13.2 Å². The first-order valence-corrected chi connectivity index (χ1v) is 5.77. The zero-order chi connectivity index (χ0) is 14.7. The molecule has 0 unspecified atom stereocenters. The Bertz CT molecular complexity index is 455. The normalized spacial score (nSPS) is 10.1. The number of rotatable bonds is 4. The van der Waals surface area contributed by atoms with Gasteiger partial charge in [0.2, 0.25) is 0 Å². The highest BCUT2D eigenvalue weighted by Gasteiger charge is 2.02. The number of aromatic hydroxyl groups is 1. The van der Waals surface area contributed by atoms with Crippen LogP contribution in [-0.4, -0.2) is 29.4 Å². The largest absolute Gasteiger partial charge is 0.508 e. The molecule has 0 aliphatic heterocycles. The molecule has 0 amide bonds. The van der Waals surface area contributed by atoms with Crippen LogP contribution in [-0.2, 0) is 9.53 Å². The smallest absolute Gasteiger partial charge is 0.329 e. The third-order valence-electron chi connectivity index (χ3n) is 1.97. The Hall–Kier alpha value is -2.32. The SMILES string of the molecule is CCOCC.N#CC(=CC(=O)O)c1ccc(O)cc1. The molecule has 0 saturated heterocycles. The van der Waals surface area contributed by atoms with E-state index in [4.69, 9.17) is 20.2 Å². The van der Waals surface area contributed by atoms with Crippen LogP contribution in [0.2, 0.25) is 0 Å². The molecule has 5 heteroatoms. The van der Waals surface area contributed by atoms with E-state index in [1.807, 2.05) is 13.8 Å². The third kappa shape index (κ3) is 7.58. The van der Waals surface area contributed by atoms with Crippen LogP contribution >= 0.6 is 0 Å². The number of nitrogens with zero attached hydrogens (tertiary/aromatic N) is 1. The van der Waals surface area contributed by atoms with Gasteiger partial charge in [0.25, 0.3) is 0 Å². The molecule has 19 heavy (non-hydrogen) atoms. The molecular weight excluding hydrogens is 246 g/mol. The van der Waals surface area contributed by atoms with E-state index in [2.05, 4.69) is 0 Å². The van der Waals surface area contributed by atoms with Crippen molar-refractivity contribution >= 4 is 11.5 Å². The highest BCUT2D eigenvalue weighted by atomic mass is 16.5. The molecule has 1 aromatic rings. The number of aliphatic carboxylic acids is 1. The van der Waals surface area contributed by atoms with Gasteiger partial charge in [-0.2, -0.15) is 5.26 Å². The summed E-state index contributed by atoms with van der Waals surface area (Å²) in [6.07, 6.45) is 0.826. The lowest BCUT2D eigenvalue weighted by molar-refractivity contribution is -0.131. The molecule has 0 saturated carbocycles. The second-order valence-corrected chi connectivity index (χ2v) is 3.34. The van der Waals surface area contributed by atoms with E-state index in [-0.39, 0.29) is 11.3 Å². The molecular formula is C14H17NO4. The second kappa shape index (κ2) is 9.68. The van der Waals surface area contributed by atoms with Crippen LogP contribution in [0.5, 0.6) is 5.75 Å². The van der Waals surface area contributed by atoms with Crippen LogP contribution in [0.25, 0.3) is 5.57 Å². The van der Waals surface area contributed by atoms with Gasteiger partial charge >= 0.3 is 5.97 Å². The highest BCUT2D eigenvalue weighted by Crippen LogP contribution is 2.16. The number of nitriles is 1. The summed E-state index contributed by atoms with van der Waals surface area (Å²) in [5, 5.41) is 26.1. The summed E-state index contributed by atoms with van der Waals surface area (Å²) in [5.74, 6) is -1.10. The monoisotopic (exact) mass is 263 g/mol. The van der Waals surface area contributed by atoms with E-state index in [0.717, 1.165) is 19.3 Å². The number of carboxylic acids is 1. The standard InChI is InChI=1S/C10H7NO3.C4H10O/c11-6-8(5-10(13)14)7-1-3-9(12)4-2-7;1-3-5-4-2/h1-5,12H,(H,13,14);3-4H2,1-2H3. The molecule has 0 aliphatic rings. The Morgan fingerprint density at radius 3 is 2.16 bits per heavy atom. The van der Waals surface area contributed by atoms with Gasteiger partial charge in [-0.15, -0.1) is 0 Å². The molecule has 0 bridgehead atoms. The van der Waals surface area contributed by atoms with Crippen LogP contribution in [0.15, 0.2) is 30.3 Å². The first kappa shape index (κ1) is 16.7. The summed E-state index contributed by atoms with van der Waals surface area (Å²) in [6, 6.07) is 7.51. The maximum absolute atomic E-state index is 10.3. The molecule has 0 atom stereocenters. The van der Waals surface area contributed by atoms with Crippen LogP contribution in [0.4, 0.5) is 0 Å². The number of carboxylic acid groups (broad SMARTS) is 1. The quantitative estimate of drug-likeness (QED) is 0.643. The maximum atomic E-state index is 10.3. The van der Waals surface area contributed by atoms with E-state index < -0.39 is 5.97 Å². The van der Waals surface area contributed by atoms with Crippen molar-refractivity contribution in [1.82, 2.24) is 0 Å². The van der Waals surface area contributed by atoms with Gasteiger partial charge in [0.15, 0.2) is 0 Å². The predicted molar refractivity (Wildman–Crippen MR) is 71.5 cm³/mol. The summed E-state index contributed by atoms with van der Waals surface area (Å²) in [6.45, 7) is 5.67. The fraction of sp³-hybridized carbons (Fsp3) is 0.286. The highest BCUT2D eigenvalue weighted by molar-refractivity contribution is 5.94. The average Bonchev–Trinajstić information content (AvgIpc) is 2.38. The number of hydrogen-bond donors (Lipinski definition) is 2. The van der Waals surface area contributed by atoms with E-state index in [0.29, 0.717) is 5.56 Å². The minimum absolute atomic E-state index is 0.0532. The Morgan fingerprint density at radius 2 is 1.84 bits per heavy atom. The molecule has 5 nitrogen and oxygen atoms in total. The summed E-state index contributed by atoms with van der Waals surface area (Å²) in [7, 11) is 0. The molecule has 0 heterocycles. The second-order valence-electron chi connectivity index (χ2n) is 3.34. The van der Waals surface area contributed by atoms with Crippen LogP contribution in [0.3, 0.4) is 0 Å². The molecule has 0 radical (unpaired) electrons. The molecule has 1 rings (SSSR count). The topological polar surface area (TPSA) is 90.5 Å². The van der Waals surface area contributed by atoms with Crippen LogP contribution < -0.4 is 0 Å². The summed E-state index contributed by atoms with van der Waals surface area (Å²) < 4.78 is 4.83. The van der Waals surface area contributed by atoms with E-state index in [1.54, 1.807) is 6.07 Å². The molecule has 0 aliphatic carbocycles. The lowest BCUT2D eigenvalue weighted by atomic mass is 10.1. The first-order chi connectivity index (χ1) is 9.04. The van der Waals surface area contributed by atoms with Crippen LogP contribution in [0.1, 0.15) is 19.4 Å². The fourth-order valence-corrected chi connectivity index (χ4v) is 1.15. The Kier molecular flexibility index (Phi) is 8.50. The molecule has 2 N–H and O–H groups in total. The van der Waals surface area contributed by atoms with E-state index >= 15 is 0 Å². The van der Waals surface area contributed by atoms with E-state index in [1.165, 1.54) is 24.3 Å². The van der Waals surface area contributed by atoms with Gasteiger partial charge in [-0.25, -0.2) is 4.79 Å². The molecule has 0 fully saturated rings. The first-order valence-electron chi connectivity index (χ1n) is 5.77. The number of ether oxygens (including phenoxy) is 1. The van der Waals surface area contributed by atoms with Crippen molar-refractivity contribution in [3.05, 3.63) is 35.9 Å². The predicted octanol–water partition coefficient (Wildman–Crippen LogP) is 2.43. The number of phenols is 1. The average molecular weight is 263 g/mol. The number of carbonyl (C=O) groups is 1. The van der Waals surface area contributed by atoms with Crippen molar-refractivity contribution in [3.8, 4) is 11.8 Å². The van der Waals surface area contributed by atoms with Gasteiger partial charge in [-0.05, 0) is 43.7 Å². The van der Waals surface area contributed by atoms with E-state index in [9.17, 15) is 4.79 Å². The zero-order valence-electron chi connectivity index (χ0n) is 11.0. The Morgan fingerprint density at radius 1 is 1.32 bits per heavy atom. The van der Waals surface area contributed by atoms with Crippen molar-refractivity contribution < 1.29 is 19.7 Å². The van der Waals surface area contributed by atoms with Crippen molar-refractivity contribution in [2.24, 2.45) is 0 Å². The zero-order valence-corrected chi connectivity index (χ0v) is 11.0. The van der Waals surface area contributed by atoms with Gasteiger partial charge in [0.1, 0.15) is 11.8 Å². The number of allylic oxidation sites excluding steroid dienone is 1. The minimum Gasteiger partial charge on any atom is -0.508 e. The van der Waals surface area contributed by atoms with Gasteiger partial charge in [-0.1, -0.05) is 0 Å². The molecule has 102 valence electrons. The Balaban J connectivity index is 0.000000555. The summed E-state index contributed by atoms with van der Waals surface area (Å²) in [4.78, 5) is 10.3. The van der Waals surface area contributed by atoms with Gasteiger partial charge in [0, 0.05) is 19.3 Å². The van der Waals surface area contributed by atoms with Gasteiger partial charge < -0.3 is 14.9 Å². The number of benzene rings is 1. The van der Waals surface area contributed by atoms with Gasteiger partial charge in [-0.3, -0.25) is 0 Å². The Labute approximate surface area is 112 Å². The fourth-order valence-electron chi connectivity index (χ4n) is 1.15. The summed E-state index contributed by atoms with van der Waals surface area (Å²) in [5.41, 5.74) is 0.519. The summed E-state index contributed by atoms with van der Waals surface area (Å²) >= 11 is 0. The number of hydrogen-bond acceptors (Lipinski definition) is 4. The lowest BCUT2D eigenvalue weighted by Crippen LogP contribution is -1.90. The lowest BCUT2D eigenvalue weighted by Gasteiger charge is -1.97. The molecule has 0 spiro atoms.